The van der Waals surface area contributed by atoms with Gasteiger partial charge in [-0.05, 0) is 39.2 Å². The Hall–Kier alpha value is -0.610. The second-order valence-electron chi connectivity index (χ2n) is 5.64. The zero-order valence-electron chi connectivity index (χ0n) is 12.0. The molecule has 0 radical (unpaired) electrons. The zero-order chi connectivity index (χ0) is 13.1. The molecule has 0 amide bonds. The molecule has 1 saturated carbocycles. The Morgan fingerprint density at radius 2 is 2.17 bits per heavy atom. The van der Waals surface area contributed by atoms with Crippen LogP contribution in [0.5, 0.6) is 0 Å². The van der Waals surface area contributed by atoms with Crippen LogP contribution in [0.15, 0.2) is 0 Å². The lowest BCUT2D eigenvalue weighted by Gasteiger charge is -2.22. The van der Waals surface area contributed by atoms with Crippen molar-refractivity contribution in [3.63, 3.8) is 0 Å². The minimum atomic E-state index is 0.761. The lowest BCUT2D eigenvalue weighted by Crippen LogP contribution is -2.27. The molecule has 0 aliphatic heterocycles. The number of nitrogens with one attached hydrogen (secondary N) is 1. The molecule has 1 aliphatic rings. The fourth-order valence-electron chi connectivity index (χ4n) is 2.08. The van der Waals surface area contributed by atoms with Gasteiger partial charge in [-0.15, -0.1) is 11.3 Å². The van der Waals surface area contributed by atoms with Gasteiger partial charge in [0.05, 0.1) is 5.69 Å². The maximum absolute atomic E-state index is 4.77. The van der Waals surface area contributed by atoms with E-state index in [9.17, 15) is 0 Å². The van der Waals surface area contributed by atoms with Crippen molar-refractivity contribution in [2.24, 2.45) is 5.92 Å². The van der Waals surface area contributed by atoms with Crippen molar-refractivity contribution in [1.82, 2.24) is 10.3 Å². The minimum Gasteiger partial charge on any atom is -0.345 e. The average Bonchev–Trinajstić information content (AvgIpc) is 3.06. The summed E-state index contributed by atoms with van der Waals surface area (Å²) >= 11 is 1.86. The smallest absolute Gasteiger partial charge is 0.186 e. The fourth-order valence-corrected chi connectivity index (χ4v) is 3.25. The first-order chi connectivity index (χ1) is 8.61. The summed E-state index contributed by atoms with van der Waals surface area (Å²) in [6.45, 7) is 8.82. The van der Waals surface area contributed by atoms with Crippen LogP contribution in [0.1, 0.15) is 43.7 Å². The highest BCUT2D eigenvalue weighted by Crippen LogP contribution is 2.35. The van der Waals surface area contributed by atoms with Gasteiger partial charge in [-0.2, -0.15) is 0 Å². The predicted octanol–water partition coefficient (Wildman–Crippen LogP) is 3.19. The molecule has 1 aromatic heterocycles. The van der Waals surface area contributed by atoms with Crippen LogP contribution in [-0.4, -0.2) is 24.6 Å². The summed E-state index contributed by atoms with van der Waals surface area (Å²) in [7, 11) is 2.00. The third-order valence-corrected chi connectivity index (χ3v) is 4.59. The molecule has 0 saturated heterocycles. The van der Waals surface area contributed by atoms with Crippen molar-refractivity contribution >= 4 is 16.5 Å². The molecule has 0 spiro atoms. The maximum Gasteiger partial charge on any atom is 0.186 e. The van der Waals surface area contributed by atoms with Crippen molar-refractivity contribution in [2.75, 3.05) is 18.5 Å². The molecular weight excluding hydrogens is 242 g/mol. The van der Waals surface area contributed by atoms with E-state index >= 15 is 0 Å². The highest BCUT2D eigenvalue weighted by atomic mass is 32.1. The first-order valence-electron chi connectivity index (χ1n) is 6.99. The minimum absolute atomic E-state index is 0.761. The summed E-state index contributed by atoms with van der Waals surface area (Å²) in [5.74, 6) is 0.768. The third kappa shape index (κ3) is 3.45. The number of anilines is 1. The van der Waals surface area contributed by atoms with Crippen molar-refractivity contribution in [1.29, 1.82) is 0 Å². The second-order valence-corrected chi connectivity index (χ2v) is 6.70. The monoisotopic (exact) mass is 267 g/mol. The second kappa shape index (κ2) is 6.02. The van der Waals surface area contributed by atoms with E-state index in [0.717, 1.165) is 25.0 Å². The largest absolute Gasteiger partial charge is 0.345 e. The van der Waals surface area contributed by atoms with Gasteiger partial charge >= 0.3 is 0 Å². The number of rotatable bonds is 7. The van der Waals surface area contributed by atoms with Crippen LogP contribution in [-0.2, 0) is 6.54 Å². The Bertz CT molecular complexity index is 382. The van der Waals surface area contributed by atoms with Gasteiger partial charge in [-0.25, -0.2) is 4.98 Å². The molecule has 0 bridgehead atoms. The molecule has 18 heavy (non-hydrogen) atoms. The van der Waals surface area contributed by atoms with E-state index in [1.807, 2.05) is 18.4 Å². The topological polar surface area (TPSA) is 28.2 Å². The first-order valence-corrected chi connectivity index (χ1v) is 7.81. The predicted molar refractivity (Wildman–Crippen MR) is 79.4 cm³/mol. The molecule has 2 rings (SSSR count). The molecule has 0 aromatic carbocycles. The Morgan fingerprint density at radius 1 is 1.44 bits per heavy atom. The summed E-state index contributed by atoms with van der Waals surface area (Å²) in [5.41, 5.74) is 1.19. The molecule has 1 aliphatic carbocycles. The van der Waals surface area contributed by atoms with Crippen LogP contribution in [0, 0.1) is 12.8 Å². The van der Waals surface area contributed by atoms with Crippen LogP contribution in [0.4, 0.5) is 5.13 Å². The summed E-state index contributed by atoms with van der Waals surface area (Å²) in [6, 6.07) is 0.761. The molecule has 0 unspecified atom stereocenters. The van der Waals surface area contributed by atoms with Gasteiger partial charge in [-0.3, -0.25) is 0 Å². The van der Waals surface area contributed by atoms with Crippen molar-refractivity contribution < 1.29 is 0 Å². The normalized spacial score (nSPS) is 15.4. The van der Waals surface area contributed by atoms with Crippen LogP contribution < -0.4 is 10.2 Å². The number of nitrogens with zero attached hydrogens (tertiary/aromatic N) is 2. The Balaban J connectivity index is 2.07. The molecule has 1 fully saturated rings. The highest BCUT2D eigenvalue weighted by molar-refractivity contribution is 7.15. The van der Waals surface area contributed by atoms with Crippen LogP contribution in [0.25, 0.3) is 0 Å². The Labute approximate surface area is 115 Å². The molecule has 102 valence electrons. The van der Waals surface area contributed by atoms with E-state index in [2.05, 4.69) is 31.0 Å². The van der Waals surface area contributed by atoms with Crippen LogP contribution in [0.3, 0.4) is 0 Å². The highest BCUT2D eigenvalue weighted by Gasteiger charge is 2.31. The lowest BCUT2D eigenvalue weighted by molar-refractivity contribution is 0.570. The molecule has 1 N–H and O–H groups in total. The fraction of sp³-hybridized carbons (Fsp3) is 0.786. The average molecular weight is 267 g/mol. The SMILES string of the molecule is CNCc1sc(N(CCC(C)C)C2CC2)nc1C. The third-order valence-electron chi connectivity index (χ3n) is 3.40. The molecule has 4 heteroatoms. The van der Waals surface area contributed by atoms with E-state index < -0.39 is 0 Å². The number of hydrogen-bond acceptors (Lipinski definition) is 4. The number of thiazole rings is 1. The van der Waals surface area contributed by atoms with Crippen LogP contribution in [0.2, 0.25) is 0 Å². The maximum atomic E-state index is 4.77. The van der Waals surface area contributed by atoms with E-state index in [0.29, 0.717) is 0 Å². The van der Waals surface area contributed by atoms with Crippen molar-refractivity contribution in [3.05, 3.63) is 10.6 Å². The van der Waals surface area contributed by atoms with Crippen molar-refractivity contribution in [2.45, 2.75) is 52.6 Å². The van der Waals surface area contributed by atoms with E-state index in [1.54, 1.807) is 0 Å². The quantitative estimate of drug-likeness (QED) is 0.822. The Morgan fingerprint density at radius 3 is 2.72 bits per heavy atom. The van der Waals surface area contributed by atoms with Gasteiger partial charge in [-0.1, -0.05) is 13.8 Å². The van der Waals surface area contributed by atoms with E-state index in [-0.39, 0.29) is 0 Å². The summed E-state index contributed by atoms with van der Waals surface area (Å²) in [5, 5.41) is 4.46. The summed E-state index contributed by atoms with van der Waals surface area (Å²) in [6.07, 6.45) is 3.95. The first kappa shape index (κ1) is 13.8. The molecular formula is C14H25N3S. The van der Waals surface area contributed by atoms with Gasteiger partial charge in [0.1, 0.15) is 0 Å². The van der Waals surface area contributed by atoms with Crippen molar-refractivity contribution in [3.8, 4) is 0 Å². The lowest BCUT2D eigenvalue weighted by atomic mass is 10.1. The molecule has 1 heterocycles. The summed E-state index contributed by atoms with van der Waals surface area (Å²) < 4.78 is 0. The van der Waals surface area contributed by atoms with E-state index in [1.165, 1.54) is 35.0 Å². The summed E-state index contributed by atoms with van der Waals surface area (Å²) in [4.78, 5) is 8.69. The number of aromatic nitrogens is 1. The van der Waals surface area contributed by atoms with E-state index in [4.69, 9.17) is 4.98 Å². The number of hydrogen-bond donors (Lipinski definition) is 1. The van der Waals surface area contributed by atoms with Gasteiger partial charge in [0.2, 0.25) is 0 Å². The molecule has 0 atom stereocenters. The van der Waals surface area contributed by atoms with Crippen LogP contribution >= 0.6 is 11.3 Å². The molecule has 3 nitrogen and oxygen atoms in total. The zero-order valence-corrected chi connectivity index (χ0v) is 12.8. The van der Waals surface area contributed by atoms with Gasteiger partial charge in [0.25, 0.3) is 0 Å². The van der Waals surface area contributed by atoms with Gasteiger partial charge < -0.3 is 10.2 Å². The number of aryl methyl sites for hydroxylation is 1. The Kier molecular flexibility index (Phi) is 4.62. The van der Waals surface area contributed by atoms with Gasteiger partial charge in [0, 0.05) is 24.0 Å². The molecule has 1 aromatic rings. The standard InChI is InChI=1S/C14H25N3S/c1-10(2)7-8-17(12-5-6-12)14-16-11(3)13(18-14)9-15-4/h10,12,15H,5-9H2,1-4H3. The van der Waals surface area contributed by atoms with Gasteiger partial charge in [0.15, 0.2) is 5.13 Å².